The van der Waals surface area contributed by atoms with Crippen LogP contribution in [0.5, 0.6) is 5.75 Å². The molecule has 0 N–H and O–H groups in total. The maximum absolute atomic E-state index is 5.64. The van der Waals surface area contributed by atoms with E-state index in [0.29, 0.717) is 5.41 Å². The van der Waals surface area contributed by atoms with Gasteiger partial charge in [0.2, 0.25) is 0 Å². The van der Waals surface area contributed by atoms with Gasteiger partial charge in [0.1, 0.15) is 5.75 Å². The summed E-state index contributed by atoms with van der Waals surface area (Å²) in [4.78, 5) is 0. The van der Waals surface area contributed by atoms with Gasteiger partial charge < -0.3 is 4.74 Å². The normalized spacial score (nSPS) is 11.4. The lowest BCUT2D eigenvalue weighted by Crippen LogP contribution is -2.10. The van der Waals surface area contributed by atoms with Crippen molar-refractivity contribution in [3.8, 4) is 5.75 Å². The second-order valence-corrected chi connectivity index (χ2v) is 4.97. The molecule has 78 valence electrons. The molecule has 0 aliphatic heterocycles. The minimum absolute atomic E-state index is 0.352. The highest BCUT2D eigenvalue weighted by Crippen LogP contribution is 2.19. The SMILES string of the molecule is Cc1ccc(OCCC(C)(C)C)cc1. The number of rotatable bonds is 3. The summed E-state index contributed by atoms with van der Waals surface area (Å²) in [5, 5.41) is 0. The predicted molar refractivity (Wildman–Crippen MR) is 60.7 cm³/mol. The summed E-state index contributed by atoms with van der Waals surface area (Å²) < 4.78 is 5.64. The quantitative estimate of drug-likeness (QED) is 0.707. The van der Waals surface area contributed by atoms with Gasteiger partial charge in [-0.3, -0.25) is 0 Å². The van der Waals surface area contributed by atoms with E-state index in [1.807, 2.05) is 12.1 Å². The number of benzene rings is 1. The molecular weight excluding hydrogens is 172 g/mol. The van der Waals surface area contributed by atoms with E-state index in [-0.39, 0.29) is 0 Å². The molecule has 0 unspecified atom stereocenters. The second kappa shape index (κ2) is 4.50. The van der Waals surface area contributed by atoms with Crippen LogP contribution in [0.15, 0.2) is 24.3 Å². The Morgan fingerprint density at radius 2 is 1.64 bits per heavy atom. The Balaban J connectivity index is 2.35. The Morgan fingerprint density at radius 1 is 1.07 bits per heavy atom. The molecule has 0 aliphatic rings. The monoisotopic (exact) mass is 192 g/mol. The Morgan fingerprint density at radius 3 is 2.14 bits per heavy atom. The molecule has 1 nitrogen and oxygen atoms in total. The fraction of sp³-hybridized carbons (Fsp3) is 0.538. The zero-order valence-corrected chi connectivity index (χ0v) is 9.63. The van der Waals surface area contributed by atoms with Crippen LogP contribution in [-0.2, 0) is 0 Å². The fourth-order valence-corrected chi connectivity index (χ4v) is 1.11. The number of hydrogen-bond donors (Lipinski definition) is 0. The molecule has 14 heavy (non-hydrogen) atoms. The van der Waals surface area contributed by atoms with Gasteiger partial charge in [-0.15, -0.1) is 0 Å². The van der Waals surface area contributed by atoms with Crippen molar-refractivity contribution in [3.05, 3.63) is 29.8 Å². The molecule has 0 radical (unpaired) electrons. The van der Waals surface area contributed by atoms with Crippen molar-refractivity contribution in [2.24, 2.45) is 5.41 Å². The highest BCUT2D eigenvalue weighted by atomic mass is 16.5. The minimum atomic E-state index is 0.352. The van der Waals surface area contributed by atoms with E-state index < -0.39 is 0 Å². The average Bonchev–Trinajstić information content (AvgIpc) is 2.06. The van der Waals surface area contributed by atoms with Gasteiger partial charge in [0.25, 0.3) is 0 Å². The van der Waals surface area contributed by atoms with Crippen molar-refractivity contribution in [1.29, 1.82) is 0 Å². The molecule has 0 aliphatic carbocycles. The zero-order chi connectivity index (χ0) is 10.6. The second-order valence-electron chi connectivity index (χ2n) is 4.97. The van der Waals surface area contributed by atoms with E-state index in [2.05, 4.69) is 39.8 Å². The molecule has 1 rings (SSSR count). The lowest BCUT2D eigenvalue weighted by atomic mass is 9.93. The van der Waals surface area contributed by atoms with Gasteiger partial charge in [-0.05, 0) is 30.9 Å². The number of hydrogen-bond acceptors (Lipinski definition) is 1. The third-order valence-electron chi connectivity index (χ3n) is 2.14. The standard InChI is InChI=1S/C13H20O/c1-11-5-7-12(8-6-11)14-10-9-13(2,3)4/h5-8H,9-10H2,1-4H3. The van der Waals surface area contributed by atoms with Crippen LogP contribution in [0.2, 0.25) is 0 Å². The highest BCUT2D eigenvalue weighted by molar-refractivity contribution is 5.26. The average molecular weight is 192 g/mol. The molecule has 0 bridgehead atoms. The van der Waals surface area contributed by atoms with Crippen molar-refractivity contribution in [2.45, 2.75) is 34.1 Å². The Bertz CT molecular complexity index is 266. The van der Waals surface area contributed by atoms with Gasteiger partial charge in [-0.1, -0.05) is 38.5 Å². The molecule has 0 saturated carbocycles. The number of aryl methyl sites for hydroxylation is 1. The molecule has 0 saturated heterocycles. The van der Waals surface area contributed by atoms with E-state index >= 15 is 0 Å². The summed E-state index contributed by atoms with van der Waals surface area (Å²) >= 11 is 0. The van der Waals surface area contributed by atoms with Crippen LogP contribution >= 0.6 is 0 Å². The first kappa shape index (κ1) is 11.1. The third-order valence-corrected chi connectivity index (χ3v) is 2.14. The van der Waals surface area contributed by atoms with Crippen LogP contribution in [0.25, 0.3) is 0 Å². The van der Waals surface area contributed by atoms with Gasteiger partial charge in [0, 0.05) is 0 Å². The summed E-state index contributed by atoms with van der Waals surface area (Å²) in [6.45, 7) is 9.56. The van der Waals surface area contributed by atoms with Gasteiger partial charge in [0.15, 0.2) is 0 Å². The molecule has 0 heterocycles. The van der Waals surface area contributed by atoms with Gasteiger partial charge >= 0.3 is 0 Å². The first-order chi connectivity index (χ1) is 6.47. The van der Waals surface area contributed by atoms with Crippen molar-refractivity contribution in [3.63, 3.8) is 0 Å². The summed E-state index contributed by atoms with van der Waals surface area (Å²) in [6, 6.07) is 8.20. The van der Waals surface area contributed by atoms with Crippen LogP contribution < -0.4 is 4.74 Å². The van der Waals surface area contributed by atoms with Crippen molar-refractivity contribution in [1.82, 2.24) is 0 Å². The molecule has 0 spiro atoms. The van der Waals surface area contributed by atoms with Gasteiger partial charge in [-0.2, -0.15) is 0 Å². The smallest absolute Gasteiger partial charge is 0.119 e. The topological polar surface area (TPSA) is 9.23 Å². The lowest BCUT2D eigenvalue weighted by molar-refractivity contribution is 0.243. The third kappa shape index (κ3) is 4.31. The van der Waals surface area contributed by atoms with Crippen LogP contribution in [0.1, 0.15) is 32.8 Å². The van der Waals surface area contributed by atoms with E-state index in [4.69, 9.17) is 4.74 Å². The molecule has 0 amide bonds. The Kier molecular flexibility index (Phi) is 3.56. The minimum Gasteiger partial charge on any atom is -0.494 e. The van der Waals surface area contributed by atoms with E-state index in [1.54, 1.807) is 0 Å². The Labute approximate surface area is 87.1 Å². The molecule has 1 aromatic rings. The van der Waals surface area contributed by atoms with E-state index in [1.165, 1.54) is 5.56 Å². The summed E-state index contributed by atoms with van der Waals surface area (Å²) in [7, 11) is 0. The van der Waals surface area contributed by atoms with Crippen LogP contribution in [-0.4, -0.2) is 6.61 Å². The maximum atomic E-state index is 5.64. The van der Waals surface area contributed by atoms with Crippen molar-refractivity contribution in [2.75, 3.05) is 6.61 Å². The molecule has 0 atom stereocenters. The number of ether oxygens (including phenoxy) is 1. The van der Waals surface area contributed by atoms with Gasteiger partial charge in [-0.25, -0.2) is 0 Å². The van der Waals surface area contributed by atoms with Crippen LogP contribution in [0, 0.1) is 12.3 Å². The van der Waals surface area contributed by atoms with Crippen LogP contribution in [0.4, 0.5) is 0 Å². The maximum Gasteiger partial charge on any atom is 0.119 e. The molecule has 0 aromatic heterocycles. The molecular formula is C13H20O. The summed E-state index contributed by atoms with van der Waals surface area (Å²) in [5.41, 5.74) is 1.62. The van der Waals surface area contributed by atoms with Crippen molar-refractivity contribution < 1.29 is 4.74 Å². The fourth-order valence-electron chi connectivity index (χ4n) is 1.11. The summed E-state index contributed by atoms with van der Waals surface area (Å²) in [5.74, 6) is 0.972. The van der Waals surface area contributed by atoms with E-state index in [9.17, 15) is 0 Å². The highest BCUT2D eigenvalue weighted by Gasteiger charge is 2.09. The zero-order valence-electron chi connectivity index (χ0n) is 9.63. The predicted octanol–water partition coefficient (Wildman–Crippen LogP) is 3.81. The van der Waals surface area contributed by atoms with Gasteiger partial charge in [0.05, 0.1) is 6.61 Å². The molecule has 1 aromatic carbocycles. The molecule has 1 heteroatoms. The lowest BCUT2D eigenvalue weighted by Gasteiger charge is -2.18. The van der Waals surface area contributed by atoms with E-state index in [0.717, 1.165) is 18.8 Å². The first-order valence-electron chi connectivity index (χ1n) is 5.17. The Hall–Kier alpha value is -0.980. The largest absolute Gasteiger partial charge is 0.494 e. The van der Waals surface area contributed by atoms with Crippen molar-refractivity contribution >= 4 is 0 Å². The van der Waals surface area contributed by atoms with Crippen LogP contribution in [0.3, 0.4) is 0 Å². The summed E-state index contributed by atoms with van der Waals surface area (Å²) in [6.07, 6.45) is 1.08. The molecule has 0 fully saturated rings. The first-order valence-corrected chi connectivity index (χ1v) is 5.17.